The molecule has 0 aliphatic heterocycles. The summed E-state index contributed by atoms with van der Waals surface area (Å²) in [4.78, 5) is 36.6. The maximum absolute atomic E-state index is 12.6. The lowest BCUT2D eigenvalue weighted by Gasteiger charge is -2.30. The lowest BCUT2D eigenvalue weighted by molar-refractivity contribution is -0.155. The van der Waals surface area contributed by atoms with Gasteiger partial charge in [-0.2, -0.15) is 0 Å². The average molecular weight is 461 g/mol. The van der Waals surface area contributed by atoms with Crippen LogP contribution in [0.5, 0.6) is 5.75 Å². The number of carbonyl (C=O) groups is 3. The molecule has 1 rings (SSSR count). The van der Waals surface area contributed by atoms with E-state index in [1.807, 2.05) is 13.0 Å². The van der Waals surface area contributed by atoms with Gasteiger partial charge in [0.25, 0.3) is 0 Å². The minimum absolute atomic E-state index is 0.0487. The molecule has 0 saturated heterocycles. The molecular weight excluding hydrogens is 416 g/mol. The first-order valence-electron chi connectivity index (χ1n) is 12.4. The van der Waals surface area contributed by atoms with Gasteiger partial charge in [-0.1, -0.05) is 67.0 Å². The molecule has 5 heteroatoms. The third-order valence-electron chi connectivity index (χ3n) is 6.79. The molecule has 0 N–H and O–H groups in total. The first-order valence-corrected chi connectivity index (χ1v) is 12.4. The van der Waals surface area contributed by atoms with E-state index < -0.39 is 23.5 Å². The van der Waals surface area contributed by atoms with E-state index in [1.165, 1.54) is 12.5 Å². The van der Waals surface area contributed by atoms with E-state index in [0.29, 0.717) is 19.4 Å². The fraction of sp³-hybridized carbons (Fsp3) is 0.679. The molecular formula is C28H44O5. The second kappa shape index (κ2) is 12.9. The van der Waals surface area contributed by atoms with E-state index in [0.717, 1.165) is 30.6 Å². The van der Waals surface area contributed by atoms with Crippen LogP contribution in [0.4, 0.5) is 0 Å². The van der Waals surface area contributed by atoms with E-state index in [2.05, 4.69) is 53.7 Å². The molecule has 1 aromatic rings. The molecule has 1 unspecified atom stereocenters. The lowest BCUT2D eigenvalue weighted by Crippen LogP contribution is -2.32. The third kappa shape index (κ3) is 8.28. The molecule has 0 bridgehead atoms. The van der Waals surface area contributed by atoms with Gasteiger partial charge in [0.1, 0.15) is 5.75 Å². The quantitative estimate of drug-likeness (QED) is 0.174. The zero-order chi connectivity index (χ0) is 25.2. The Bertz CT molecular complexity index is 807. The number of benzene rings is 1. The average Bonchev–Trinajstić information content (AvgIpc) is 2.76. The van der Waals surface area contributed by atoms with Crippen LogP contribution in [-0.2, 0) is 30.0 Å². The summed E-state index contributed by atoms with van der Waals surface area (Å²) in [7, 11) is 0. The molecule has 186 valence electrons. The summed E-state index contributed by atoms with van der Waals surface area (Å²) < 4.78 is 11.2. The van der Waals surface area contributed by atoms with Crippen LogP contribution >= 0.6 is 0 Å². The Hall–Kier alpha value is -2.17. The highest BCUT2D eigenvalue weighted by molar-refractivity contribution is 6.16. The van der Waals surface area contributed by atoms with Crippen LogP contribution in [-0.4, -0.2) is 30.7 Å². The van der Waals surface area contributed by atoms with Crippen LogP contribution in [0.1, 0.15) is 105 Å². The summed E-state index contributed by atoms with van der Waals surface area (Å²) in [5, 5.41) is 0. The number of unbranched alkanes of at least 4 members (excludes halogenated alkanes) is 1. The second-order valence-corrected chi connectivity index (χ2v) is 10.2. The number of rotatable bonds is 15. The summed E-state index contributed by atoms with van der Waals surface area (Å²) in [6.07, 6.45) is 4.12. The highest BCUT2D eigenvalue weighted by Gasteiger charge is 2.32. The van der Waals surface area contributed by atoms with Gasteiger partial charge in [-0.15, -0.1) is 0 Å². The Kier molecular flexibility index (Phi) is 11.3. The van der Waals surface area contributed by atoms with Crippen molar-refractivity contribution in [3.63, 3.8) is 0 Å². The van der Waals surface area contributed by atoms with Gasteiger partial charge in [0.05, 0.1) is 13.2 Å². The Morgan fingerprint density at radius 1 is 0.909 bits per heavy atom. The zero-order valence-corrected chi connectivity index (χ0v) is 22.0. The fourth-order valence-electron chi connectivity index (χ4n) is 3.50. The van der Waals surface area contributed by atoms with Crippen molar-refractivity contribution in [2.45, 2.75) is 105 Å². The van der Waals surface area contributed by atoms with E-state index in [-0.39, 0.29) is 23.9 Å². The monoisotopic (exact) mass is 460 g/mol. The maximum atomic E-state index is 12.6. The van der Waals surface area contributed by atoms with Crippen molar-refractivity contribution in [2.75, 3.05) is 13.2 Å². The molecule has 5 nitrogen and oxygen atoms in total. The van der Waals surface area contributed by atoms with Gasteiger partial charge in [-0.3, -0.25) is 14.4 Å². The first-order chi connectivity index (χ1) is 15.4. The van der Waals surface area contributed by atoms with Crippen molar-refractivity contribution in [2.24, 2.45) is 5.92 Å². The molecule has 0 aliphatic carbocycles. The maximum Gasteiger partial charge on any atom is 0.324 e. The number of carbonyl (C=O) groups excluding carboxylic acids is 3. The summed E-state index contributed by atoms with van der Waals surface area (Å²) in [6.45, 7) is 17.1. The Labute approximate surface area is 200 Å². The van der Waals surface area contributed by atoms with Gasteiger partial charge in [0.2, 0.25) is 0 Å². The molecule has 0 amide bonds. The molecule has 33 heavy (non-hydrogen) atoms. The number of ether oxygens (including phenoxy) is 2. The van der Waals surface area contributed by atoms with Crippen molar-refractivity contribution in [3.05, 3.63) is 29.3 Å². The number of Topliss-reactive ketones (excluding diaryl/α,β-unsaturated/α-hetero) is 2. The third-order valence-corrected chi connectivity index (χ3v) is 6.79. The van der Waals surface area contributed by atoms with Crippen LogP contribution < -0.4 is 4.74 Å². The summed E-state index contributed by atoms with van der Waals surface area (Å²) in [5.41, 5.74) is 2.48. The minimum Gasteiger partial charge on any atom is -0.493 e. The lowest BCUT2D eigenvalue weighted by atomic mass is 9.76. The minimum atomic E-state index is -1.33. The van der Waals surface area contributed by atoms with E-state index in [1.54, 1.807) is 0 Å². The number of esters is 1. The van der Waals surface area contributed by atoms with Gasteiger partial charge in [-0.05, 0) is 55.1 Å². The summed E-state index contributed by atoms with van der Waals surface area (Å²) in [6, 6.07) is 6.41. The molecule has 1 atom stereocenters. The number of hydrogen-bond donors (Lipinski definition) is 0. The molecule has 0 spiro atoms. The first kappa shape index (κ1) is 28.9. The normalized spacial score (nSPS) is 12.8. The Balaban J connectivity index is 2.85. The van der Waals surface area contributed by atoms with E-state index in [9.17, 15) is 14.4 Å². The topological polar surface area (TPSA) is 69.7 Å². The highest BCUT2D eigenvalue weighted by Crippen LogP contribution is 2.38. The largest absolute Gasteiger partial charge is 0.493 e. The van der Waals surface area contributed by atoms with Gasteiger partial charge in [-0.25, -0.2) is 0 Å². The highest BCUT2D eigenvalue weighted by atomic mass is 16.5. The fourth-order valence-corrected chi connectivity index (χ4v) is 3.50. The molecule has 0 fully saturated rings. The van der Waals surface area contributed by atoms with Crippen LogP contribution in [0.15, 0.2) is 18.2 Å². The molecule has 0 aromatic heterocycles. The van der Waals surface area contributed by atoms with E-state index in [4.69, 9.17) is 9.47 Å². The predicted octanol–water partition coefficient (Wildman–Crippen LogP) is 6.34. The van der Waals surface area contributed by atoms with Crippen molar-refractivity contribution < 1.29 is 23.9 Å². The summed E-state index contributed by atoms with van der Waals surface area (Å²) in [5.74, 6) is -2.10. The van der Waals surface area contributed by atoms with Crippen LogP contribution in [0.2, 0.25) is 0 Å². The Morgan fingerprint density at radius 3 is 2.09 bits per heavy atom. The van der Waals surface area contributed by atoms with Gasteiger partial charge in [0, 0.05) is 12.0 Å². The van der Waals surface area contributed by atoms with Crippen molar-refractivity contribution in [3.8, 4) is 5.75 Å². The standard InChI is InChI=1S/C28H44O5/c1-9-12-17-33-26(31)25(20(4)29)23(30)14-13-18-32-24-16-15-21(27(5,6)10-2)19-22(24)28(7,8)11-3/h15-16,19,25H,9-14,17-18H2,1-8H3. The molecule has 0 heterocycles. The van der Waals surface area contributed by atoms with Gasteiger partial charge in [0.15, 0.2) is 17.5 Å². The van der Waals surface area contributed by atoms with Gasteiger partial charge >= 0.3 is 5.97 Å². The second-order valence-electron chi connectivity index (χ2n) is 10.2. The predicted molar refractivity (Wildman–Crippen MR) is 133 cm³/mol. The number of hydrogen-bond acceptors (Lipinski definition) is 5. The molecule has 1 aromatic carbocycles. The molecule has 0 aliphatic rings. The molecule has 0 radical (unpaired) electrons. The molecule has 0 saturated carbocycles. The van der Waals surface area contributed by atoms with Gasteiger partial charge < -0.3 is 9.47 Å². The number of ketones is 2. The van der Waals surface area contributed by atoms with Crippen molar-refractivity contribution in [1.82, 2.24) is 0 Å². The van der Waals surface area contributed by atoms with Crippen LogP contribution in [0.3, 0.4) is 0 Å². The SMILES string of the molecule is CCCCOC(=O)C(C(C)=O)C(=O)CCCOc1ccc(C(C)(C)CC)cc1C(C)(C)CC. The smallest absolute Gasteiger partial charge is 0.324 e. The van der Waals surface area contributed by atoms with Crippen molar-refractivity contribution in [1.29, 1.82) is 0 Å². The summed E-state index contributed by atoms with van der Waals surface area (Å²) >= 11 is 0. The van der Waals surface area contributed by atoms with Crippen LogP contribution in [0.25, 0.3) is 0 Å². The zero-order valence-electron chi connectivity index (χ0n) is 22.0. The van der Waals surface area contributed by atoms with E-state index >= 15 is 0 Å². The van der Waals surface area contributed by atoms with Crippen LogP contribution in [0, 0.1) is 5.92 Å². The van der Waals surface area contributed by atoms with Crippen molar-refractivity contribution >= 4 is 17.5 Å². The Morgan fingerprint density at radius 2 is 1.55 bits per heavy atom.